The summed E-state index contributed by atoms with van der Waals surface area (Å²) in [7, 11) is 0. The van der Waals surface area contributed by atoms with Crippen LogP contribution in [0.15, 0.2) is 28.4 Å². The molecule has 5 heteroatoms. The van der Waals surface area contributed by atoms with Crippen molar-refractivity contribution in [3.8, 4) is 0 Å². The van der Waals surface area contributed by atoms with E-state index in [2.05, 4.69) is 15.9 Å². The first-order valence-electron chi connectivity index (χ1n) is 3.78. The van der Waals surface area contributed by atoms with Gasteiger partial charge < -0.3 is 0 Å². The fourth-order valence-electron chi connectivity index (χ4n) is 0.903. The summed E-state index contributed by atoms with van der Waals surface area (Å²) in [5.74, 6) is 0. The molecule has 0 aromatic heterocycles. The van der Waals surface area contributed by atoms with Gasteiger partial charge in [-0.25, -0.2) is 0 Å². The minimum Gasteiger partial charge on any atom is -0.259 e. The van der Waals surface area contributed by atoms with E-state index in [0.717, 1.165) is 4.47 Å². The Morgan fingerprint density at radius 2 is 2.29 bits per heavy atom. The van der Waals surface area contributed by atoms with Gasteiger partial charge in [-0.3, -0.25) is 10.1 Å². The second-order valence-electron chi connectivity index (χ2n) is 2.71. The van der Waals surface area contributed by atoms with E-state index in [1.807, 2.05) is 0 Å². The Balaban J connectivity index is 3.13. The molecule has 0 saturated heterocycles. The number of allylic oxidation sites excluding steroid dienone is 1. The molecule has 0 atom stereocenters. The van der Waals surface area contributed by atoms with Crippen LogP contribution in [0.3, 0.4) is 0 Å². The minimum atomic E-state index is -0.447. The quantitative estimate of drug-likeness (QED) is 0.610. The summed E-state index contributed by atoms with van der Waals surface area (Å²) < 4.78 is 0.837. The first kappa shape index (κ1) is 11.2. The van der Waals surface area contributed by atoms with E-state index in [4.69, 9.17) is 11.6 Å². The Labute approximate surface area is 94.7 Å². The predicted octanol–water partition coefficient (Wildman–Crippen LogP) is 3.74. The van der Waals surface area contributed by atoms with E-state index in [9.17, 15) is 10.1 Å². The van der Waals surface area contributed by atoms with Gasteiger partial charge in [0.2, 0.25) is 5.70 Å². The van der Waals surface area contributed by atoms with Gasteiger partial charge in [0.05, 0.1) is 4.92 Å². The molecule has 0 heterocycles. The number of nitrogens with zero attached hydrogens (tertiary/aromatic N) is 1. The van der Waals surface area contributed by atoms with E-state index >= 15 is 0 Å². The van der Waals surface area contributed by atoms with Gasteiger partial charge in [0.25, 0.3) is 0 Å². The Kier molecular flexibility index (Phi) is 3.66. The van der Waals surface area contributed by atoms with Crippen LogP contribution in [-0.4, -0.2) is 4.92 Å². The van der Waals surface area contributed by atoms with E-state index in [0.29, 0.717) is 10.6 Å². The summed E-state index contributed by atoms with van der Waals surface area (Å²) in [6.45, 7) is 1.43. The first-order valence-corrected chi connectivity index (χ1v) is 4.95. The molecule has 0 fully saturated rings. The Hall–Kier alpha value is -0.870. The van der Waals surface area contributed by atoms with Crippen LogP contribution in [0.25, 0.3) is 6.08 Å². The van der Waals surface area contributed by atoms with Crippen LogP contribution in [0.1, 0.15) is 12.5 Å². The largest absolute Gasteiger partial charge is 0.259 e. The SMILES string of the molecule is CC(=Cc1cc(Br)ccc1Cl)[N+](=O)[O-]. The first-order chi connectivity index (χ1) is 6.50. The molecule has 0 bridgehead atoms. The molecule has 0 radical (unpaired) electrons. The fraction of sp³-hybridized carbons (Fsp3) is 0.111. The van der Waals surface area contributed by atoms with Crippen LogP contribution < -0.4 is 0 Å². The molecule has 0 amide bonds. The van der Waals surface area contributed by atoms with E-state index in [1.165, 1.54) is 13.0 Å². The second kappa shape index (κ2) is 4.57. The van der Waals surface area contributed by atoms with Crippen molar-refractivity contribution in [2.75, 3.05) is 0 Å². The number of hydrogen-bond donors (Lipinski definition) is 0. The number of benzene rings is 1. The molecule has 0 aliphatic heterocycles. The smallest absolute Gasteiger partial charge is 0.243 e. The Morgan fingerprint density at radius 3 is 2.86 bits per heavy atom. The van der Waals surface area contributed by atoms with Crippen LogP contribution in [0.4, 0.5) is 0 Å². The van der Waals surface area contributed by atoms with Gasteiger partial charge in [0.1, 0.15) is 0 Å². The highest BCUT2D eigenvalue weighted by molar-refractivity contribution is 9.10. The van der Waals surface area contributed by atoms with Crippen LogP contribution >= 0.6 is 27.5 Å². The van der Waals surface area contributed by atoms with E-state index in [-0.39, 0.29) is 5.70 Å². The third kappa shape index (κ3) is 2.82. The van der Waals surface area contributed by atoms with Gasteiger partial charge in [-0.2, -0.15) is 0 Å². The van der Waals surface area contributed by atoms with Crippen LogP contribution in [-0.2, 0) is 0 Å². The van der Waals surface area contributed by atoms with Gasteiger partial charge in [0.15, 0.2) is 0 Å². The topological polar surface area (TPSA) is 43.1 Å². The maximum atomic E-state index is 10.4. The molecule has 1 aromatic rings. The standard InChI is InChI=1S/C9H7BrClNO2/c1-6(12(13)14)4-7-5-8(10)2-3-9(7)11/h2-5H,1H3. The molecular formula is C9H7BrClNO2. The van der Waals surface area contributed by atoms with Gasteiger partial charge in [0, 0.05) is 28.1 Å². The molecule has 1 rings (SSSR count). The Bertz CT molecular complexity index is 404. The number of halogens is 2. The minimum absolute atomic E-state index is 0.0602. The van der Waals surface area contributed by atoms with Crippen molar-refractivity contribution in [2.45, 2.75) is 6.92 Å². The summed E-state index contributed by atoms with van der Waals surface area (Å²) in [5, 5.41) is 10.9. The zero-order chi connectivity index (χ0) is 10.7. The molecule has 0 aliphatic carbocycles. The normalized spacial score (nSPS) is 11.5. The lowest BCUT2D eigenvalue weighted by atomic mass is 10.2. The highest BCUT2D eigenvalue weighted by atomic mass is 79.9. The predicted molar refractivity (Wildman–Crippen MR) is 59.8 cm³/mol. The number of nitro groups is 1. The van der Waals surface area contributed by atoms with E-state index < -0.39 is 4.92 Å². The average Bonchev–Trinajstić information content (AvgIpc) is 2.11. The van der Waals surface area contributed by atoms with Crippen molar-refractivity contribution >= 4 is 33.6 Å². The van der Waals surface area contributed by atoms with Gasteiger partial charge in [-0.05, 0) is 18.2 Å². The van der Waals surface area contributed by atoms with Gasteiger partial charge >= 0.3 is 0 Å². The Morgan fingerprint density at radius 1 is 1.64 bits per heavy atom. The zero-order valence-corrected chi connectivity index (χ0v) is 9.67. The summed E-state index contributed by atoms with van der Waals surface area (Å²) >= 11 is 9.12. The van der Waals surface area contributed by atoms with Crippen molar-refractivity contribution in [1.29, 1.82) is 0 Å². The highest BCUT2D eigenvalue weighted by Gasteiger charge is 2.05. The zero-order valence-electron chi connectivity index (χ0n) is 7.33. The lowest BCUT2D eigenvalue weighted by molar-refractivity contribution is -0.422. The molecule has 74 valence electrons. The lowest BCUT2D eigenvalue weighted by Crippen LogP contribution is -1.93. The van der Waals surface area contributed by atoms with Gasteiger partial charge in [-0.1, -0.05) is 27.5 Å². The second-order valence-corrected chi connectivity index (χ2v) is 4.03. The molecule has 0 saturated carbocycles. The van der Waals surface area contributed by atoms with Gasteiger partial charge in [-0.15, -0.1) is 0 Å². The van der Waals surface area contributed by atoms with Crippen molar-refractivity contribution in [2.24, 2.45) is 0 Å². The molecular weight excluding hydrogens is 269 g/mol. The summed E-state index contributed by atoms with van der Waals surface area (Å²) in [5.41, 5.74) is 0.695. The fourth-order valence-corrected chi connectivity index (χ4v) is 1.45. The molecule has 0 N–H and O–H groups in total. The molecule has 0 unspecified atom stereocenters. The monoisotopic (exact) mass is 275 g/mol. The number of hydrogen-bond acceptors (Lipinski definition) is 2. The third-order valence-corrected chi connectivity index (χ3v) is 2.45. The maximum absolute atomic E-state index is 10.4. The van der Waals surface area contributed by atoms with Crippen molar-refractivity contribution in [3.05, 3.63) is 49.1 Å². The van der Waals surface area contributed by atoms with Crippen LogP contribution in [0.5, 0.6) is 0 Å². The average molecular weight is 277 g/mol. The summed E-state index contributed by atoms with van der Waals surface area (Å²) in [6, 6.07) is 5.20. The third-order valence-electron chi connectivity index (χ3n) is 1.61. The van der Waals surface area contributed by atoms with Crippen molar-refractivity contribution in [3.63, 3.8) is 0 Å². The van der Waals surface area contributed by atoms with Crippen LogP contribution in [0.2, 0.25) is 5.02 Å². The summed E-state index contributed by atoms with van der Waals surface area (Å²) in [4.78, 5) is 9.94. The molecule has 1 aromatic carbocycles. The maximum Gasteiger partial charge on any atom is 0.243 e. The van der Waals surface area contributed by atoms with Crippen molar-refractivity contribution < 1.29 is 4.92 Å². The summed E-state index contributed by atoms with van der Waals surface area (Å²) in [6.07, 6.45) is 1.44. The van der Waals surface area contributed by atoms with Crippen LogP contribution in [0, 0.1) is 10.1 Å². The molecule has 0 spiro atoms. The highest BCUT2D eigenvalue weighted by Crippen LogP contribution is 2.23. The van der Waals surface area contributed by atoms with Crippen molar-refractivity contribution in [1.82, 2.24) is 0 Å². The molecule has 3 nitrogen and oxygen atoms in total. The lowest BCUT2D eigenvalue weighted by Gasteiger charge is -1.98. The van der Waals surface area contributed by atoms with E-state index in [1.54, 1.807) is 18.2 Å². The molecule has 0 aliphatic rings. The number of rotatable bonds is 2. The molecule has 14 heavy (non-hydrogen) atoms.